The third-order valence-corrected chi connectivity index (χ3v) is 5.52. The average Bonchev–Trinajstić information content (AvgIpc) is 3.15. The lowest BCUT2D eigenvalue weighted by molar-refractivity contribution is 0.507. The second-order valence-corrected chi connectivity index (χ2v) is 7.14. The molecule has 0 saturated carbocycles. The first-order valence-electron chi connectivity index (χ1n) is 7.56. The zero-order chi connectivity index (χ0) is 14.5. The highest BCUT2D eigenvalue weighted by molar-refractivity contribution is 7.17. The minimum Gasteiger partial charge on any atom is -0.313 e. The zero-order valence-corrected chi connectivity index (χ0v) is 14.0. The van der Waals surface area contributed by atoms with Crippen molar-refractivity contribution in [1.82, 2.24) is 5.32 Å². The van der Waals surface area contributed by atoms with Crippen LogP contribution in [0.15, 0.2) is 46.5 Å². The fourth-order valence-corrected chi connectivity index (χ4v) is 4.37. The highest BCUT2D eigenvalue weighted by Crippen LogP contribution is 2.27. The van der Waals surface area contributed by atoms with Gasteiger partial charge in [-0.1, -0.05) is 25.1 Å². The molecule has 3 heteroatoms. The van der Waals surface area contributed by atoms with E-state index in [1.165, 1.54) is 27.6 Å². The molecule has 0 aliphatic carbocycles. The van der Waals surface area contributed by atoms with Gasteiger partial charge in [0.25, 0.3) is 0 Å². The van der Waals surface area contributed by atoms with E-state index in [2.05, 4.69) is 58.7 Å². The number of hydrogen-bond acceptors (Lipinski definition) is 3. The molecular weight excluding hydrogens is 294 g/mol. The first-order chi connectivity index (χ1) is 10.4. The van der Waals surface area contributed by atoms with Crippen LogP contribution in [-0.2, 0) is 12.8 Å². The molecule has 0 aliphatic heterocycles. The van der Waals surface area contributed by atoms with Gasteiger partial charge in [0.05, 0.1) is 0 Å². The molecule has 1 aromatic carbocycles. The average molecular weight is 316 g/mol. The predicted molar refractivity (Wildman–Crippen MR) is 95.6 cm³/mol. The SMILES string of the molecule is CCCNC(Cc1ccsc1)Cc1csc2ccccc12. The van der Waals surface area contributed by atoms with Gasteiger partial charge in [0.2, 0.25) is 0 Å². The topological polar surface area (TPSA) is 12.0 Å². The van der Waals surface area contributed by atoms with E-state index >= 15 is 0 Å². The number of rotatable bonds is 7. The Kier molecular flexibility index (Phi) is 5.07. The van der Waals surface area contributed by atoms with Crippen LogP contribution in [0.5, 0.6) is 0 Å². The van der Waals surface area contributed by atoms with Crippen molar-refractivity contribution in [2.45, 2.75) is 32.2 Å². The number of hydrogen-bond donors (Lipinski definition) is 1. The summed E-state index contributed by atoms with van der Waals surface area (Å²) in [7, 11) is 0. The molecule has 3 aromatic rings. The Bertz CT molecular complexity index is 669. The molecule has 1 N–H and O–H groups in total. The van der Waals surface area contributed by atoms with E-state index in [9.17, 15) is 0 Å². The second-order valence-electron chi connectivity index (χ2n) is 5.45. The van der Waals surface area contributed by atoms with Crippen molar-refractivity contribution in [3.63, 3.8) is 0 Å². The van der Waals surface area contributed by atoms with Crippen LogP contribution in [0.4, 0.5) is 0 Å². The fraction of sp³-hybridized carbons (Fsp3) is 0.333. The lowest BCUT2D eigenvalue weighted by atomic mass is 10.00. The standard InChI is InChI=1S/C18H21NS2/c1-2-8-19-16(10-14-7-9-20-12-14)11-15-13-21-18-6-4-3-5-17(15)18/h3-7,9,12-13,16,19H,2,8,10-11H2,1H3. The first-order valence-corrected chi connectivity index (χ1v) is 9.38. The van der Waals surface area contributed by atoms with Crippen molar-refractivity contribution in [3.8, 4) is 0 Å². The lowest BCUT2D eigenvalue weighted by Crippen LogP contribution is -2.33. The van der Waals surface area contributed by atoms with Crippen molar-refractivity contribution in [3.05, 3.63) is 57.6 Å². The van der Waals surface area contributed by atoms with Crippen LogP contribution < -0.4 is 5.32 Å². The molecule has 0 radical (unpaired) electrons. The Morgan fingerprint density at radius 2 is 2.00 bits per heavy atom. The Balaban J connectivity index is 1.76. The molecule has 1 nitrogen and oxygen atoms in total. The number of fused-ring (bicyclic) bond motifs is 1. The van der Waals surface area contributed by atoms with Gasteiger partial charge in [-0.15, -0.1) is 11.3 Å². The second kappa shape index (κ2) is 7.21. The van der Waals surface area contributed by atoms with Gasteiger partial charge in [-0.2, -0.15) is 11.3 Å². The first kappa shape index (κ1) is 14.8. The van der Waals surface area contributed by atoms with E-state index in [1.54, 1.807) is 11.3 Å². The summed E-state index contributed by atoms with van der Waals surface area (Å²) in [6.07, 6.45) is 3.41. The molecule has 0 saturated heterocycles. The van der Waals surface area contributed by atoms with E-state index in [0.717, 1.165) is 19.4 Å². The predicted octanol–water partition coefficient (Wildman–Crippen LogP) is 5.12. The van der Waals surface area contributed by atoms with Crippen LogP contribution in [-0.4, -0.2) is 12.6 Å². The summed E-state index contributed by atoms with van der Waals surface area (Å²) >= 11 is 3.65. The largest absolute Gasteiger partial charge is 0.313 e. The number of nitrogens with one attached hydrogen (secondary N) is 1. The monoisotopic (exact) mass is 315 g/mol. The molecule has 110 valence electrons. The van der Waals surface area contributed by atoms with Gasteiger partial charge in [0, 0.05) is 10.7 Å². The Morgan fingerprint density at radius 1 is 1.10 bits per heavy atom. The van der Waals surface area contributed by atoms with Gasteiger partial charge in [0.1, 0.15) is 0 Å². The zero-order valence-electron chi connectivity index (χ0n) is 12.3. The number of thiophene rings is 2. The van der Waals surface area contributed by atoms with Crippen LogP contribution >= 0.6 is 22.7 Å². The van der Waals surface area contributed by atoms with E-state index in [4.69, 9.17) is 0 Å². The molecule has 2 aromatic heterocycles. The van der Waals surface area contributed by atoms with Crippen LogP contribution in [0, 0.1) is 0 Å². The van der Waals surface area contributed by atoms with E-state index in [-0.39, 0.29) is 0 Å². The molecule has 1 unspecified atom stereocenters. The normalized spacial score (nSPS) is 12.8. The Labute approximate surface area is 134 Å². The molecule has 0 spiro atoms. The van der Waals surface area contributed by atoms with Gasteiger partial charge in [-0.25, -0.2) is 0 Å². The summed E-state index contributed by atoms with van der Waals surface area (Å²) in [5, 5.41) is 11.9. The molecular formula is C18H21NS2. The minimum absolute atomic E-state index is 0.526. The summed E-state index contributed by atoms with van der Waals surface area (Å²) in [6, 6.07) is 11.5. The summed E-state index contributed by atoms with van der Waals surface area (Å²) < 4.78 is 1.40. The third-order valence-electron chi connectivity index (χ3n) is 3.77. The van der Waals surface area contributed by atoms with Gasteiger partial charge >= 0.3 is 0 Å². The summed E-state index contributed by atoms with van der Waals surface area (Å²) in [5.74, 6) is 0. The highest BCUT2D eigenvalue weighted by atomic mass is 32.1. The molecule has 1 atom stereocenters. The molecule has 0 bridgehead atoms. The third kappa shape index (κ3) is 3.73. The maximum absolute atomic E-state index is 3.72. The van der Waals surface area contributed by atoms with Crippen LogP contribution in [0.3, 0.4) is 0 Å². The van der Waals surface area contributed by atoms with Gasteiger partial charge in [-0.05, 0) is 70.6 Å². The molecule has 21 heavy (non-hydrogen) atoms. The van der Waals surface area contributed by atoms with Gasteiger partial charge in [-0.3, -0.25) is 0 Å². The van der Waals surface area contributed by atoms with Crippen molar-refractivity contribution >= 4 is 32.8 Å². The van der Waals surface area contributed by atoms with Gasteiger partial charge < -0.3 is 5.32 Å². The van der Waals surface area contributed by atoms with E-state index in [0.29, 0.717) is 6.04 Å². The molecule has 0 aliphatic rings. The van der Waals surface area contributed by atoms with Crippen LogP contribution in [0.1, 0.15) is 24.5 Å². The van der Waals surface area contributed by atoms with E-state index < -0.39 is 0 Å². The quantitative estimate of drug-likeness (QED) is 0.638. The van der Waals surface area contributed by atoms with Crippen molar-refractivity contribution in [1.29, 1.82) is 0 Å². The highest BCUT2D eigenvalue weighted by Gasteiger charge is 2.13. The minimum atomic E-state index is 0.526. The lowest BCUT2D eigenvalue weighted by Gasteiger charge is -2.18. The van der Waals surface area contributed by atoms with E-state index in [1.807, 2.05) is 11.3 Å². The Hall–Kier alpha value is -1.16. The summed E-state index contributed by atoms with van der Waals surface area (Å²) in [6.45, 7) is 3.32. The smallest absolute Gasteiger partial charge is 0.0345 e. The van der Waals surface area contributed by atoms with Crippen molar-refractivity contribution in [2.24, 2.45) is 0 Å². The molecule has 0 amide bonds. The molecule has 2 heterocycles. The summed E-state index contributed by atoms with van der Waals surface area (Å²) in [4.78, 5) is 0. The summed E-state index contributed by atoms with van der Waals surface area (Å²) in [5.41, 5.74) is 2.94. The molecule has 3 rings (SSSR count). The van der Waals surface area contributed by atoms with Crippen LogP contribution in [0.2, 0.25) is 0 Å². The maximum atomic E-state index is 3.72. The maximum Gasteiger partial charge on any atom is 0.0345 e. The van der Waals surface area contributed by atoms with Crippen molar-refractivity contribution in [2.75, 3.05) is 6.54 Å². The van der Waals surface area contributed by atoms with Gasteiger partial charge in [0.15, 0.2) is 0 Å². The number of benzene rings is 1. The fourth-order valence-electron chi connectivity index (χ4n) is 2.71. The van der Waals surface area contributed by atoms with Crippen LogP contribution in [0.25, 0.3) is 10.1 Å². The molecule has 0 fully saturated rings. The van der Waals surface area contributed by atoms with Crippen molar-refractivity contribution < 1.29 is 0 Å². The Morgan fingerprint density at radius 3 is 2.81 bits per heavy atom.